The lowest BCUT2D eigenvalue weighted by molar-refractivity contribution is 0.153. The number of aromatic nitrogens is 2. The summed E-state index contributed by atoms with van der Waals surface area (Å²) in [6.45, 7) is 0.313. The smallest absolute Gasteiger partial charge is 0.407 e. The van der Waals surface area contributed by atoms with Gasteiger partial charge in [0, 0.05) is 22.8 Å². The average Bonchev–Trinajstić information content (AvgIpc) is 2.45. The molecule has 0 radical (unpaired) electrons. The summed E-state index contributed by atoms with van der Waals surface area (Å²) >= 11 is 13.9. The van der Waals surface area contributed by atoms with Crippen LogP contribution in [0.25, 0.3) is 0 Å². The van der Waals surface area contributed by atoms with Gasteiger partial charge in [-0.2, -0.15) is 4.98 Å². The molecule has 0 aliphatic heterocycles. The van der Waals surface area contributed by atoms with Crippen LogP contribution < -0.4 is 5.32 Å². The molecule has 0 unspecified atom stereocenters. The summed E-state index contributed by atoms with van der Waals surface area (Å²) in [6, 6.07) is 5.54. The van der Waals surface area contributed by atoms with E-state index in [1.54, 1.807) is 0 Å². The minimum atomic E-state index is -0.972. The van der Waals surface area contributed by atoms with Crippen LogP contribution in [0.5, 0.6) is 0 Å². The number of carbonyl (C=O) groups is 1. The molecule has 0 spiro atoms. The summed E-state index contributed by atoms with van der Waals surface area (Å²) in [5.74, 6) is 0.410. The van der Waals surface area contributed by atoms with Crippen LogP contribution in [0.3, 0.4) is 0 Å². The number of hydrogen-bond acceptors (Lipinski definition) is 4. The summed E-state index contributed by atoms with van der Waals surface area (Å²) in [5.41, 5.74) is 1.67. The lowest BCUT2D eigenvalue weighted by Crippen LogP contribution is -2.24. The van der Waals surface area contributed by atoms with E-state index in [1.807, 2.05) is 18.2 Å². The van der Waals surface area contributed by atoms with E-state index in [4.69, 9.17) is 28.3 Å². The van der Waals surface area contributed by atoms with Gasteiger partial charge in [-0.3, -0.25) is 0 Å². The average molecular weight is 453 g/mol. The zero-order valence-corrected chi connectivity index (χ0v) is 15.0. The molecule has 1 aromatic carbocycles. The zero-order valence-electron chi connectivity index (χ0n) is 11.3. The van der Waals surface area contributed by atoms with Crippen molar-refractivity contribution in [2.75, 3.05) is 12.4 Å². The first-order valence-electron chi connectivity index (χ1n) is 6.04. The molecule has 2 rings (SSSR count). The van der Waals surface area contributed by atoms with Gasteiger partial charge in [0.2, 0.25) is 5.28 Å². The van der Waals surface area contributed by atoms with Gasteiger partial charge in [0.05, 0.1) is 6.20 Å². The van der Waals surface area contributed by atoms with Crippen LogP contribution in [0.4, 0.5) is 16.3 Å². The molecule has 0 saturated carbocycles. The predicted molar refractivity (Wildman–Crippen MR) is 94.0 cm³/mol. The number of rotatable bonds is 4. The fraction of sp³-hybridized carbons (Fsp3) is 0.154. The van der Waals surface area contributed by atoms with Crippen molar-refractivity contribution < 1.29 is 9.90 Å². The van der Waals surface area contributed by atoms with E-state index in [0.717, 1.165) is 14.8 Å². The maximum atomic E-state index is 10.9. The van der Waals surface area contributed by atoms with Crippen molar-refractivity contribution in [2.24, 2.45) is 0 Å². The fourth-order valence-electron chi connectivity index (χ4n) is 1.65. The third kappa shape index (κ3) is 4.34. The van der Waals surface area contributed by atoms with Crippen LogP contribution in [0.15, 0.2) is 24.4 Å². The molecule has 1 amide bonds. The summed E-state index contributed by atoms with van der Waals surface area (Å²) in [7, 11) is 1.52. The predicted octanol–water partition coefficient (Wildman–Crippen LogP) is 4.24. The van der Waals surface area contributed by atoms with Crippen molar-refractivity contribution in [1.29, 1.82) is 0 Å². The molecule has 0 bridgehead atoms. The van der Waals surface area contributed by atoms with E-state index in [-0.39, 0.29) is 5.28 Å². The molecular weight excluding hydrogens is 442 g/mol. The van der Waals surface area contributed by atoms with Gasteiger partial charge < -0.3 is 15.3 Å². The highest BCUT2D eigenvalue weighted by molar-refractivity contribution is 14.1. The van der Waals surface area contributed by atoms with Crippen LogP contribution in [0.1, 0.15) is 5.56 Å². The first kappa shape index (κ1) is 17.0. The third-order valence-corrected chi connectivity index (χ3v) is 4.23. The Labute approximate surface area is 150 Å². The Morgan fingerprint density at radius 3 is 2.82 bits per heavy atom. The maximum absolute atomic E-state index is 10.9. The first-order valence-corrected chi connectivity index (χ1v) is 7.88. The molecule has 6 nitrogen and oxygen atoms in total. The second kappa shape index (κ2) is 7.30. The molecule has 0 atom stereocenters. The maximum Gasteiger partial charge on any atom is 0.407 e. The minimum Gasteiger partial charge on any atom is -0.465 e. The Balaban J connectivity index is 2.19. The molecule has 9 heteroatoms. The van der Waals surface area contributed by atoms with Gasteiger partial charge in [0.25, 0.3) is 0 Å². The van der Waals surface area contributed by atoms with E-state index in [2.05, 4.69) is 37.9 Å². The molecule has 1 heterocycles. The van der Waals surface area contributed by atoms with E-state index in [9.17, 15) is 4.79 Å². The number of halogens is 3. The highest BCUT2D eigenvalue weighted by Gasteiger charge is 2.10. The van der Waals surface area contributed by atoms with Crippen molar-refractivity contribution in [3.8, 4) is 0 Å². The Kier molecular flexibility index (Phi) is 5.65. The van der Waals surface area contributed by atoms with Gasteiger partial charge in [-0.15, -0.1) is 0 Å². The van der Waals surface area contributed by atoms with Gasteiger partial charge in [0.15, 0.2) is 5.82 Å². The monoisotopic (exact) mass is 452 g/mol. The summed E-state index contributed by atoms with van der Waals surface area (Å²) in [4.78, 5) is 19.9. The van der Waals surface area contributed by atoms with Crippen LogP contribution in [-0.2, 0) is 6.54 Å². The summed E-state index contributed by atoms with van der Waals surface area (Å²) < 4.78 is 0.923. The van der Waals surface area contributed by atoms with E-state index in [1.165, 1.54) is 18.1 Å². The lowest BCUT2D eigenvalue weighted by atomic mass is 10.2. The molecule has 2 N–H and O–H groups in total. The Hall–Kier alpha value is -1.32. The van der Waals surface area contributed by atoms with E-state index < -0.39 is 6.09 Å². The summed E-state index contributed by atoms with van der Waals surface area (Å²) in [6.07, 6.45) is 0.445. The Morgan fingerprint density at radius 1 is 1.45 bits per heavy atom. The number of amides is 1. The molecule has 2 aromatic rings. The number of anilines is 2. The standard InChI is InChI=1S/C13H11Cl2IN4O2/c1-20(13(21)22)6-7-2-3-8(4-10(7)16)18-11-9(14)5-17-12(15)19-11/h2-5H,6H2,1H3,(H,21,22)(H,17,18,19). The zero-order chi connectivity index (χ0) is 16.3. The number of nitrogens with one attached hydrogen (secondary N) is 1. The Bertz CT molecular complexity index is 714. The number of hydrogen-bond donors (Lipinski definition) is 2. The van der Waals surface area contributed by atoms with Gasteiger partial charge >= 0.3 is 6.09 Å². The topological polar surface area (TPSA) is 78.3 Å². The van der Waals surface area contributed by atoms with Crippen LogP contribution in [0.2, 0.25) is 10.3 Å². The highest BCUT2D eigenvalue weighted by Crippen LogP contribution is 2.26. The van der Waals surface area contributed by atoms with Crippen molar-refractivity contribution in [3.63, 3.8) is 0 Å². The molecule has 0 aliphatic carbocycles. The van der Waals surface area contributed by atoms with Crippen molar-refractivity contribution in [1.82, 2.24) is 14.9 Å². The Morgan fingerprint density at radius 2 is 2.18 bits per heavy atom. The summed E-state index contributed by atoms with van der Waals surface area (Å²) in [5, 5.41) is 12.4. The van der Waals surface area contributed by atoms with Crippen molar-refractivity contribution in [3.05, 3.63) is 43.8 Å². The second-order valence-electron chi connectivity index (χ2n) is 4.41. The van der Waals surface area contributed by atoms with Gasteiger partial charge in [-0.1, -0.05) is 17.7 Å². The molecule has 22 heavy (non-hydrogen) atoms. The van der Waals surface area contributed by atoms with Crippen LogP contribution in [0, 0.1) is 3.57 Å². The number of carboxylic acid groups (broad SMARTS) is 1. The first-order chi connectivity index (χ1) is 10.4. The highest BCUT2D eigenvalue weighted by atomic mass is 127. The molecule has 116 valence electrons. The number of nitrogens with zero attached hydrogens (tertiary/aromatic N) is 3. The lowest BCUT2D eigenvalue weighted by Gasteiger charge is -2.15. The van der Waals surface area contributed by atoms with Crippen LogP contribution >= 0.6 is 45.8 Å². The van der Waals surface area contributed by atoms with Crippen molar-refractivity contribution in [2.45, 2.75) is 6.54 Å². The normalized spacial score (nSPS) is 10.4. The SMILES string of the molecule is CN(Cc1ccc(Nc2nc(Cl)ncc2Cl)cc1I)C(=O)O. The second-order valence-corrected chi connectivity index (χ2v) is 6.31. The molecule has 1 aromatic heterocycles. The molecule has 0 saturated heterocycles. The molecular formula is C13H11Cl2IN4O2. The van der Waals surface area contributed by atoms with Gasteiger partial charge in [-0.25, -0.2) is 9.78 Å². The third-order valence-electron chi connectivity index (χ3n) is 2.76. The van der Waals surface area contributed by atoms with Crippen LogP contribution in [-0.4, -0.2) is 33.1 Å². The minimum absolute atomic E-state index is 0.0984. The molecule has 0 fully saturated rings. The largest absolute Gasteiger partial charge is 0.465 e. The van der Waals surface area contributed by atoms with Gasteiger partial charge in [-0.05, 0) is 51.9 Å². The van der Waals surface area contributed by atoms with Gasteiger partial charge in [0.1, 0.15) is 5.02 Å². The van der Waals surface area contributed by atoms with E-state index in [0.29, 0.717) is 17.4 Å². The van der Waals surface area contributed by atoms with E-state index >= 15 is 0 Å². The fourth-order valence-corrected chi connectivity index (χ4v) is 2.60. The quantitative estimate of drug-likeness (QED) is 0.535. The van der Waals surface area contributed by atoms with Crippen molar-refractivity contribution >= 4 is 63.4 Å². The number of benzene rings is 1. The molecule has 0 aliphatic rings.